The zero-order valence-electron chi connectivity index (χ0n) is 11.5. The predicted octanol–water partition coefficient (Wildman–Crippen LogP) is 2.13. The maximum Gasteiger partial charge on any atom is 0.0431 e. The zero-order chi connectivity index (χ0) is 12.6. The van der Waals surface area contributed by atoms with Crippen LogP contribution in [0.2, 0.25) is 0 Å². The Labute approximate surface area is 106 Å². The van der Waals surface area contributed by atoms with Gasteiger partial charge in [0.2, 0.25) is 0 Å². The minimum Gasteiger partial charge on any atom is -0.396 e. The summed E-state index contributed by atoms with van der Waals surface area (Å²) in [5.74, 6) is 0. The maximum atomic E-state index is 8.81. The number of nitrogens with zero attached hydrogens (tertiary/aromatic N) is 1. The molecule has 0 aromatic heterocycles. The van der Waals surface area contributed by atoms with Crippen LogP contribution in [-0.2, 0) is 0 Å². The van der Waals surface area contributed by atoms with Crippen LogP contribution in [0.5, 0.6) is 0 Å². The van der Waals surface area contributed by atoms with E-state index >= 15 is 0 Å². The van der Waals surface area contributed by atoms with Gasteiger partial charge in [-0.2, -0.15) is 0 Å². The molecule has 1 aliphatic rings. The average molecular weight is 242 g/mol. The summed E-state index contributed by atoms with van der Waals surface area (Å²) in [4.78, 5) is 2.64. The zero-order valence-corrected chi connectivity index (χ0v) is 11.5. The summed E-state index contributed by atoms with van der Waals surface area (Å²) in [6.45, 7) is 5.73. The summed E-state index contributed by atoms with van der Waals surface area (Å²) < 4.78 is 0. The van der Waals surface area contributed by atoms with E-state index in [1.807, 2.05) is 0 Å². The van der Waals surface area contributed by atoms with Crippen LogP contribution in [0, 0.1) is 0 Å². The number of nitrogens with two attached hydrogens (primary N) is 1. The summed E-state index contributed by atoms with van der Waals surface area (Å²) in [5.41, 5.74) is 6.35. The van der Waals surface area contributed by atoms with Crippen molar-refractivity contribution in [3.63, 3.8) is 0 Å². The minimum atomic E-state index is 0.301. The van der Waals surface area contributed by atoms with Crippen LogP contribution >= 0.6 is 0 Å². The van der Waals surface area contributed by atoms with Gasteiger partial charge in [0.1, 0.15) is 0 Å². The normalized spacial score (nSPS) is 19.1. The highest BCUT2D eigenvalue weighted by Gasteiger charge is 2.37. The Morgan fingerprint density at radius 1 is 1.12 bits per heavy atom. The third-order valence-corrected chi connectivity index (χ3v) is 4.16. The molecule has 0 saturated heterocycles. The molecule has 0 heterocycles. The molecule has 0 radical (unpaired) electrons. The van der Waals surface area contributed by atoms with E-state index in [0.29, 0.717) is 12.1 Å². The highest BCUT2D eigenvalue weighted by molar-refractivity contribution is 4.95. The molecule has 1 aliphatic carbocycles. The molecular formula is C14H30N2O. The molecule has 1 saturated carbocycles. The van der Waals surface area contributed by atoms with Gasteiger partial charge in [-0.05, 0) is 51.6 Å². The molecule has 0 amide bonds. The van der Waals surface area contributed by atoms with Crippen LogP contribution in [0.25, 0.3) is 0 Å². The summed E-state index contributed by atoms with van der Waals surface area (Å²) in [7, 11) is 0. The smallest absolute Gasteiger partial charge is 0.0431 e. The van der Waals surface area contributed by atoms with Crippen molar-refractivity contribution >= 4 is 0 Å². The summed E-state index contributed by atoms with van der Waals surface area (Å²) in [5, 5.41) is 8.81. The average Bonchev–Trinajstić information content (AvgIpc) is 2.83. The van der Waals surface area contributed by atoms with E-state index in [1.54, 1.807) is 0 Å². The quantitative estimate of drug-likeness (QED) is 0.609. The molecule has 3 nitrogen and oxygen atoms in total. The van der Waals surface area contributed by atoms with Gasteiger partial charge in [0.25, 0.3) is 0 Å². The number of aliphatic hydroxyl groups is 1. The summed E-state index contributed by atoms with van der Waals surface area (Å²) in [6.07, 6.45) is 9.73. The number of hydrogen-bond acceptors (Lipinski definition) is 3. The van der Waals surface area contributed by atoms with Gasteiger partial charge in [0.15, 0.2) is 0 Å². The van der Waals surface area contributed by atoms with Gasteiger partial charge < -0.3 is 10.8 Å². The molecule has 0 bridgehead atoms. The van der Waals surface area contributed by atoms with Gasteiger partial charge in [-0.1, -0.05) is 19.8 Å². The van der Waals surface area contributed by atoms with Gasteiger partial charge >= 0.3 is 0 Å². The second kappa shape index (κ2) is 8.06. The van der Waals surface area contributed by atoms with Crippen molar-refractivity contribution < 1.29 is 5.11 Å². The Kier molecular flexibility index (Phi) is 7.09. The second-order valence-electron chi connectivity index (χ2n) is 5.41. The van der Waals surface area contributed by atoms with Crippen LogP contribution < -0.4 is 5.73 Å². The Morgan fingerprint density at radius 2 is 1.82 bits per heavy atom. The van der Waals surface area contributed by atoms with Crippen molar-refractivity contribution in [1.82, 2.24) is 4.90 Å². The molecule has 1 fully saturated rings. The Hall–Kier alpha value is -0.120. The van der Waals surface area contributed by atoms with Crippen molar-refractivity contribution in [3.05, 3.63) is 0 Å². The van der Waals surface area contributed by atoms with E-state index in [1.165, 1.54) is 45.1 Å². The van der Waals surface area contributed by atoms with Crippen LogP contribution in [0.1, 0.15) is 58.3 Å². The standard InChI is InChI=1S/C14H30N2O/c1-2-10-16(11-6-3-7-12-17)14(13-15)8-4-5-9-14/h17H,2-13,15H2,1H3. The van der Waals surface area contributed by atoms with Gasteiger partial charge in [-0.3, -0.25) is 4.90 Å². The third kappa shape index (κ3) is 4.23. The molecule has 1 rings (SSSR count). The van der Waals surface area contributed by atoms with E-state index in [2.05, 4.69) is 11.8 Å². The molecule has 0 unspecified atom stereocenters. The Balaban J connectivity index is 2.45. The molecule has 0 atom stereocenters. The first kappa shape index (κ1) is 14.9. The summed E-state index contributed by atoms with van der Waals surface area (Å²) >= 11 is 0. The molecule has 3 heteroatoms. The van der Waals surface area contributed by atoms with Gasteiger partial charge in [-0.15, -0.1) is 0 Å². The van der Waals surface area contributed by atoms with Crippen molar-refractivity contribution in [3.8, 4) is 0 Å². The minimum absolute atomic E-state index is 0.301. The lowest BCUT2D eigenvalue weighted by Gasteiger charge is -2.41. The number of aliphatic hydroxyl groups excluding tert-OH is 1. The van der Waals surface area contributed by atoms with Crippen molar-refractivity contribution in [2.45, 2.75) is 63.8 Å². The van der Waals surface area contributed by atoms with Crippen molar-refractivity contribution in [1.29, 1.82) is 0 Å². The fraction of sp³-hybridized carbons (Fsp3) is 1.00. The number of hydrogen-bond donors (Lipinski definition) is 2. The first-order valence-corrected chi connectivity index (χ1v) is 7.35. The van der Waals surface area contributed by atoms with Crippen molar-refractivity contribution in [2.24, 2.45) is 5.73 Å². The Morgan fingerprint density at radius 3 is 2.35 bits per heavy atom. The lowest BCUT2D eigenvalue weighted by molar-refractivity contribution is 0.0957. The first-order chi connectivity index (χ1) is 8.29. The van der Waals surface area contributed by atoms with Crippen molar-refractivity contribution in [2.75, 3.05) is 26.2 Å². The topological polar surface area (TPSA) is 49.5 Å². The van der Waals surface area contributed by atoms with Crippen LogP contribution in [0.15, 0.2) is 0 Å². The van der Waals surface area contributed by atoms with Crippen LogP contribution in [0.4, 0.5) is 0 Å². The molecule has 17 heavy (non-hydrogen) atoms. The number of unbranched alkanes of at least 4 members (excludes halogenated alkanes) is 2. The monoisotopic (exact) mass is 242 g/mol. The molecular weight excluding hydrogens is 212 g/mol. The predicted molar refractivity (Wildman–Crippen MR) is 73.1 cm³/mol. The highest BCUT2D eigenvalue weighted by Crippen LogP contribution is 2.34. The largest absolute Gasteiger partial charge is 0.396 e. The molecule has 102 valence electrons. The molecule has 3 N–H and O–H groups in total. The fourth-order valence-corrected chi connectivity index (χ4v) is 3.13. The molecule has 0 aromatic rings. The maximum absolute atomic E-state index is 8.81. The first-order valence-electron chi connectivity index (χ1n) is 7.35. The Bertz CT molecular complexity index is 191. The number of rotatable bonds is 9. The molecule has 0 spiro atoms. The van der Waals surface area contributed by atoms with Gasteiger partial charge in [-0.25, -0.2) is 0 Å². The van der Waals surface area contributed by atoms with E-state index in [9.17, 15) is 0 Å². The van der Waals surface area contributed by atoms with E-state index in [4.69, 9.17) is 10.8 Å². The fourth-order valence-electron chi connectivity index (χ4n) is 3.13. The third-order valence-electron chi connectivity index (χ3n) is 4.16. The van der Waals surface area contributed by atoms with Gasteiger partial charge in [0, 0.05) is 18.7 Å². The molecule has 0 aliphatic heterocycles. The lowest BCUT2D eigenvalue weighted by Crippen LogP contribution is -2.52. The van der Waals surface area contributed by atoms with E-state index < -0.39 is 0 Å². The lowest BCUT2D eigenvalue weighted by atomic mass is 9.94. The van der Waals surface area contributed by atoms with Gasteiger partial charge in [0.05, 0.1) is 0 Å². The van der Waals surface area contributed by atoms with Crippen LogP contribution in [-0.4, -0.2) is 41.8 Å². The molecule has 0 aromatic carbocycles. The van der Waals surface area contributed by atoms with Crippen LogP contribution in [0.3, 0.4) is 0 Å². The SMILES string of the molecule is CCCN(CCCCCO)C1(CN)CCCC1. The second-order valence-corrected chi connectivity index (χ2v) is 5.41. The summed E-state index contributed by atoms with van der Waals surface area (Å²) in [6, 6.07) is 0. The van der Waals surface area contributed by atoms with E-state index in [0.717, 1.165) is 25.9 Å². The highest BCUT2D eigenvalue weighted by atomic mass is 16.2. The van der Waals surface area contributed by atoms with E-state index in [-0.39, 0.29) is 0 Å².